The summed E-state index contributed by atoms with van der Waals surface area (Å²) in [5.41, 5.74) is 5.48. The first-order valence-corrected chi connectivity index (χ1v) is 7.23. The van der Waals surface area contributed by atoms with Crippen LogP contribution in [-0.4, -0.2) is 29.2 Å². The van der Waals surface area contributed by atoms with E-state index in [9.17, 15) is 9.90 Å². The van der Waals surface area contributed by atoms with E-state index in [1.54, 1.807) is 0 Å². The Labute approximate surface area is 109 Å². The van der Waals surface area contributed by atoms with E-state index in [0.29, 0.717) is 5.92 Å². The third-order valence-corrected chi connectivity index (χ3v) is 4.63. The van der Waals surface area contributed by atoms with Crippen LogP contribution in [0.1, 0.15) is 51.9 Å². The Balaban J connectivity index is 1.95. The molecule has 0 aromatic heterocycles. The van der Waals surface area contributed by atoms with E-state index in [2.05, 4.69) is 12.2 Å². The van der Waals surface area contributed by atoms with Gasteiger partial charge < -0.3 is 16.2 Å². The van der Waals surface area contributed by atoms with E-state index >= 15 is 0 Å². The molecule has 2 saturated carbocycles. The van der Waals surface area contributed by atoms with Gasteiger partial charge in [-0.25, -0.2) is 0 Å². The molecule has 18 heavy (non-hydrogen) atoms. The third kappa shape index (κ3) is 3.04. The van der Waals surface area contributed by atoms with Gasteiger partial charge in [0.2, 0.25) is 5.91 Å². The van der Waals surface area contributed by atoms with E-state index < -0.39 is 0 Å². The summed E-state index contributed by atoms with van der Waals surface area (Å²) in [6.07, 6.45) is 6.72. The van der Waals surface area contributed by atoms with Gasteiger partial charge in [-0.1, -0.05) is 19.8 Å². The molecule has 0 spiro atoms. The van der Waals surface area contributed by atoms with Crippen LogP contribution < -0.4 is 11.1 Å². The predicted molar refractivity (Wildman–Crippen MR) is 70.9 cm³/mol. The molecule has 2 aliphatic carbocycles. The smallest absolute Gasteiger partial charge is 0.223 e. The van der Waals surface area contributed by atoms with Crippen LogP contribution in [0.3, 0.4) is 0 Å². The highest BCUT2D eigenvalue weighted by molar-refractivity contribution is 5.79. The van der Waals surface area contributed by atoms with E-state index in [1.807, 2.05) is 0 Å². The molecule has 0 heterocycles. The van der Waals surface area contributed by atoms with Crippen LogP contribution in [0, 0.1) is 11.8 Å². The Kier molecular flexibility index (Phi) is 4.28. The van der Waals surface area contributed by atoms with E-state index in [0.717, 1.165) is 38.5 Å². The molecule has 104 valence electrons. The van der Waals surface area contributed by atoms with Crippen molar-refractivity contribution in [1.82, 2.24) is 5.32 Å². The predicted octanol–water partition coefficient (Wildman–Crippen LogP) is 1.17. The molecule has 0 bridgehead atoms. The largest absolute Gasteiger partial charge is 0.394 e. The molecule has 4 atom stereocenters. The Bertz CT molecular complexity index is 308. The van der Waals surface area contributed by atoms with Gasteiger partial charge in [0.15, 0.2) is 0 Å². The van der Waals surface area contributed by atoms with Crippen molar-refractivity contribution in [1.29, 1.82) is 0 Å². The molecule has 2 aliphatic rings. The molecule has 4 unspecified atom stereocenters. The lowest BCUT2D eigenvalue weighted by Crippen LogP contribution is -2.55. The highest BCUT2D eigenvalue weighted by atomic mass is 16.3. The topological polar surface area (TPSA) is 75.3 Å². The molecule has 4 nitrogen and oxygen atoms in total. The van der Waals surface area contributed by atoms with Crippen LogP contribution in [0.4, 0.5) is 0 Å². The van der Waals surface area contributed by atoms with Crippen molar-refractivity contribution in [2.75, 3.05) is 6.61 Å². The zero-order valence-corrected chi connectivity index (χ0v) is 11.3. The molecule has 2 fully saturated rings. The summed E-state index contributed by atoms with van der Waals surface area (Å²) >= 11 is 0. The minimum Gasteiger partial charge on any atom is -0.394 e. The standard InChI is InChI=1S/C14H26N2O2/c1-10-3-2-6-14(8-10,9-17)16-13(18)11-4-5-12(15)7-11/h10-12,17H,2-9,15H2,1H3,(H,16,18). The molecule has 4 N–H and O–H groups in total. The van der Waals surface area contributed by atoms with Crippen LogP contribution in [0.2, 0.25) is 0 Å². The molecular weight excluding hydrogens is 228 g/mol. The Hall–Kier alpha value is -0.610. The quantitative estimate of drug-likeness (QED) is 0.707. The number of nitrogens with two attached hydrogens (primary N) is 1. The highest BCUT2D eigenvalue weighted by Gasteiger charge is 2.38. The lowest BCUT2D eigenvalue weighted by molar-refractivity contribution is -0.128. The van der Waals surface area contributed by atoms with E-state index in [-0.39, 0.29) is 30.0 Å². The van der Waals surface area contributed by atoms with Gasteiger partial charge >= 0.3 is 0 Å². The first-order valence-electron chi connectivity index (χ1n) is 7.23. The minimum absolute atomic E-state index is 0.0562. The lowest BCUT2D eigenvalue weighted by Gasteiger charge is -2.40. The Morgan fingerprint density at radius 3 is 2.78 bits per heavy atom. The molecule has 0 radical (unpaired) electrons. The fourth-order valence-corrected chi connectivity index (χ4v) is 3.57. The summed E-state index contributed by atoms with van der Waals surface area (Å²) < 4.78 is 0. The van der Waals surface area contributed by atoms with Crippen LogP contribution >= 0.6 is 0 Å². The number of carbonyl (C=O) groups excluding carboxylic acids is 1. The highest BCUT2D eigenvalue weighted by Crippen LogP contribution is 2.33. The molecule has 1 amide bonds. The normalized spacial score (nSPS) is 40.7. The van der Waals surface area contributed by atoms with E-state index in [4.69, 9.17) is 5.73 Å². The molecule has 2 rings (SSSR count). The molecule has 0 aliphatic heterocycles. The van der Waals surface area contributed by atoms with Gasteiger partial charge in [-0.3, -0.25) is 4.79 Å². The van der Waals surface area contributed by atoms with Crippen molar-refractivity contribution < 1.29 is 9.90 Å². The number of hydrogen-bond donors (Lipinski definition) is 3. The van der Waals surface area contributed by atoms with Gasteiger partial charge in [0.25, 0.3) is 0 Å². The van der Waals surface area contributed by atoms with Gasteiger partial charge in [0.1, 0.15) is 0 Å². The summed E-state index contributed by atoms with van der Waals surface area (Å²) in [5, 5.41) is 12.8. The van der Waals surface area contributed by atoms with Gasteiger partial charge in [-0.05, 0) is 38.0 Å². The number of nitrogens with one attached hydrogen (secondary N) is 1. The molecule has 0 aromatic rings. The zero-order chi connectivity index (χ0) is 13.2. The second-order valence-electron chi connectivity index (χ2n) is 6.40. The van der Waals surface area contributed by atoms with Gasteiger partial charge in [0.05, 0.1) is 12.1 Å². The van der Waals surface area contributed by atoms with Crippen LogP contribution in [0.5, 0.6) is 0 Å². The number of carbonyl (C=O) groups is 1. The summed E-state index contributed by atoms with van der Waals surface area (Å²) in [7, 11) is 0. The molecule has 0 saturated heterocycles. The van der Waals surface area contributed by atoms with Crippen LogP contribution in [0.15, 0.2) is 0 Å². The number of aliphatic hydroxyl groups excluding tert-OH is 1. The van der Waals surface area contributed by atoms with Crippen molar-refractivity contribution in [2.45, 2.75) is 63.5 Å². The zero-order valence-electron chi connectivity index (χ0n) is 11.3. The average Bonchev–Trinajstić information content (AvgIpc) is 2.76. The number of amides is 1. The summed E-state index contributed by atoms with van der Waals surface area (Å²) in [5.74, 6) is 0.740. The fourth-order valence-electron chi connectivity index (χ4n) is 3.57. The Morgan fingerprint density at radius 2 is 2.22 bits per heavy atom. The maximum absolute atomic E-state index is 12.3. The van der Waals surface area contributed by atoms with Crippen LogP contribution in [0.25, 0.3) is 0 Å². The van der Waals surface area contributed by atoms with Crippen molar-refractivity contribution >= 4 is 5.91 Å². The van der Waals surface area contributed by atoms with Crippen molar-refractivity contribution in [3.8, 4) is 0 Å². The number of rotatable bonds is 3. The maximum Gasteiger partial charge on any atom is 0.223 e. The summed E-state index contributed by atoms with van der Waals surface area (Å²) in [6, 6.07) is 0.177. The van der Waals surface area contributed by atoms with Gasteiger partial charge in [0, 0.05) is 12.0 Å². The number of hydrogen-bond acceptors (Lipinski definition) is 3. The first-order chi connectivity index (χ1) is 8.54. The average molecular weight is 254 g/mol. The minimum atomic E-state index is -0.374. The first kappa shape index (κ1) is 13.8. The molecular formula is C14H26N2O2. The Morgan fingerprint density at radius 1 is 1.44 bits per heavy atom. The lowest BCUT2D eigenvalue weighted by atomic mass is 9.76. The second-order valence-corrected chi connectivity index (χ2v) is 6.40. The summed E-state index contributed by atoms with van der Waals surface area (Å²) in [6.45, 7) is 2.25. The van der Waals surface area contributed by atoms with Crippen molar-refractivity contribution in [3.05, 3.63) is 0 Å². The monoisotopic (exact) mass is 254 g/mol. The van der Waals surface area contributed by atoms with Crippen LogP contribution in [-0.2, 0) is 4.79 Å². The fraction of sp³-hybridized carbons (Fsp3) is 0.929. The SMILES string of the molecule is CC1CCCC(CO)(NC(=O)C2CCC(N)C2)C1. The van der Waals surface area contributed by atoms with Crippen molar-refractivity contribution in [3.63, 3.8) is 0 Å². The number of aliphatic hydroxyl groups is 1. The second kappa shape index (κ2) is 5.57. The maximum atomic E-state index is 12.3. The van der Waals surface area contributed by atoms with Gasteiger partial charge in [-0.15, -0.1) is 0 Å². The van der Waals surface area contributed by atoms with E-state index in [1.165, 1.54) is 6.42 Å². The molecule has 0 aromatic carbocycles. The molecule has 4 heteroatoms. The summed E-state index contributed by atoms with van der Waals surface area (Å²) in [4.78, 5) is 12.3. The van der Waals surface area contributed by atoms with Gasteiger partial charge in [-0.2, -0.15) is 0 Å². The van der Waals surface area contributed by atoms with Crippen molar-refractivity contribution in [2.24, 2.45) is 17.6 Å². The third-order valence-electron chi connectivity index (χ3n) is 4.63.